The van der Waals surface area contributed by atoms with Gasteiger partial charge in [0.15, 0.2) is 0 Å². The maximum Gasteiger partial charge on any atom is 0.279 e. The summed E-state index contributed by atoms with van der Waals surface area (Å²) in [7, 11) is 0. The number of halogens is 2. The van der Waals surface area contributed by atoms with E-state index in [-0.39, 0.29) is 12.5 Å². The van der Waals surface area contributed by atoms with Crippen LogP contribution in [0, 0.1) is 6.92 Å². The zero-order chi connectivity index (χ0) is 15.1. The minimum Gasteiger partial charge on any atom is -0.326 e. The molecule has 1 aromatic carbocycles. The van der Waals surface area contributed by atoms with Crippen molar-refractivity contribution < 1.29 is 4.79 Å². The van der Waals surface area contributed by atoms with Crippen LogP contribution in [0.2, 0.25) is 10.0 Å². The molecule has 3 rings (SSSR count). The zero-order valence-corrected chi connectivity index (χ0v) is 12.7. The van der Waals surface area contributed by atoms with Crippen LogP contribution in [0.4, 0.5) is 0 Å². The number of fused-ring (bicyclic) bond motifs is 1. The maximum absolute atomic E-state index is 12.1. The number of carbonyl (C=O) groups excluding carboxylic acids is 1. The first kappa shape index (κ1) is 14.2. The first-order chi connectivity index (χ1) is 10.0. The first-order valence-electron chi connectivity index (χ1n) is 6.30. The van der Waals surface area contributed by atoms with Crippen molar-refractivity contribution in [2.75, 3.05) is 0 Å². The molecular formula is C15H11Cl2N3O. The number of rotatable bonds is 2. The molecule has 0 spiro atoms. The number of benzene rings is 1. The van der Waals surface area contributed by atoms with Gasteiger partial charge in [0.2, 0.25) is 0 Å². The van der Waals surface area contributed by atoms with E-state index in [1.807, 2.05) is 6.92 Å². The predicted molar refractivity (Wildman–Crippen MR) is 84.2 cm³/mol. The number of pyridine rings is 1. The van der Waals surface area contributed by atoms with E-state index in [0.717, 1.165) is 11.3 Å². The quantitative estimate of drug-likeness (QED) is 0.922. The molecule has 4 nitrogen and oxygen atoms in total. The van der Waals surface area contributed by atoms with Crippen molar-refractivity contribution in [3.05, 3.63) is 50.8 Å². The molecular weight excluding hydrogens is 309 g/mol. The van der Waals surface area contributed by atoms with Gasteiger partial charge < -0.3 is 5.73 Å². The number of nitrogens with two attached hydrogens (primary N) is 1. The van der Waals surface area contributed by atoms with E-state index in [0.29, 0.717) is 32.4 Å². The monoisotopic (exact) mass is 319 g/mol. The Morgan fingerprint density at radius 1 is 1.24 bits per heavy atom. The van der Waals surface area contributed by atoms with Crippen molar-refractivity contribution in [1.29, 1.82) is 0 Å². The van der Waals surface area contributed by atoms with E-state index in [4.69, 9.17) is 28.9 Å². The van der Waals surface area contributed by atoms with Gasteiger partial charge in [-0.2, -0.15) is 0 Å². The van der Waals surface area contributed by atoms with Crippen LogP contribution >= 0.6 is 23.2 Å². The lowest BCUT2D eigenvalue weighted by Crippen LogP contribution is -2.10. The van der Waals surface area contributed by atoms with Crippen molar-refractivity contribution in [3.63, 3.8) is 0 Å². The molecule has 0 radical (unpaired) electrons. The van der Waals surface area contributed by atoms with Gasteiger partial charge in [0.25, 0.3) is 5.91 Å². The molecule has 0 aliphatic carbocycles. The third kappa shape index (κ3) is 2.25. The second kappa shape index (κ2) is 5.22. The smallest absolute Gasteiger partial charge is 0.279 e. The standard InChI is InChI=1S/C15H11Cl2N3O/c1-7-10(5-18)13(9-3-2-8(16)4-11(9)17)14-12(20-7)6-19-15(14)21/h2-4,6H,5,18H2,1H3. The molecule has 1 aliphatic rings. The summed E-state index contributed by atoms with van der Waals surface area (Å²) in [6.07, 6.45) is 1.47. The van der Waals surface area contributed by atoms with Crippen molar-refractivity contribution in [2.24, 2.45) is 10.7 Å². The third-order valence-electron chi connectivity index (χ3n) is 3.46. The highest BCUT2D eigenvalue weighted by molar-refractivity contribution is 6.36. The molecule has 6 heteroatoms. The average Bonchev–Trinajstić information content (AvgIpc) is 2.79. The summed E-state index contributed by atoms with van der Waals surface area (Å²) in [5, 5.41) is 0.993. The van der Waals surface area contributed by atoms with Crippen LogP contribution in [0.25, 0.3) is 11.1 Å². The van der Waals surface area contributed by atoms with E-state index in [1.165, 1.54) is 6.21 Å². The summed E-state index contributed by atoms with van der Waals surface area (Å²) in [6, 6.07) is 5.15. The Hall–Kier alpha value is -1.75. The molecule has 2 N–H and O–H groups in total. The normalized spacial score (nSPS) is 12.9. The van der Waals surface area contributed by atoms with E-state index in [9.17, 15) is 4.79 Å². The van der Waals surface area contributed by atoms with Crippen LogP contribution in [0.1, 0.15) is 27.3 Å². The highest BCUT2D eigenvalue weighted by atomic mass is 35.5. The molecule has 0 unspecified atom stereocenters. The Morgan fingerprint density at radius 2 is 2.00 bits per heavy atom. The molecule has 106 valence electrons. The number of hydrogen-bond acceptors (Lipinski definition) is 3. The second-order valence-electron chi connectivity index (χ2n) is 4.70. The molecule has 21 heavy (non-hydrogen) atoms. The molecule has 1 aromatic heterocycles. The van der Waals surface area contributed by atoms with Crippen molar-refractivity contribution in [2.45, 2.75) is 13.5 Å². The van der Waals surface area contributed by atoms with Gasteiger partial charge in [0.05, 0.1) is 17.5 Å². The van der Waals surface area contributed by atoms with Crippen LogP contribution in [0.3, 0.4) is 0 Å². The predicted octanol–water partition coefficient (Wildman–Crippen LogP) is 3.40. The van der Waals surface area contributed by atoms with E-state index >= 15 is 0 Å². The molecule has 0 saturated carbocycles. The minimum atomic E-state index is -0.326. The summed E-state index contributed by atoms with van der Waals surface area (Å²) in [6.45, 7) is 2.11. The highest BCUT2D eigenvalue weighted by Crippen LogP contribution is 2.38. The van der Waals surface area contributed by atoms with Crippen LogP contribution < -0.4 is 5.73 Å². The summed E-state index contributed by atoms with van der Waals surface area (Å²) < 4.78 is 0. The second-order valence-corrected chi connectivity index (χ2v) is 5.55. The van der Waals surface area contributed by atoms with Crippen LogP contribution in [-0.4, -0.2) is 17.1 Å². The lowest BCUT2D eigenvalue weighted by molar-refractivity contribution is 0.101. The van der Waals surface area contributed by atoms with Gasteiger partial charge in [-0.3, -0.25) is 9.78 Å². The lowest BCUT2D eigenvalue weighted by atomic mass is 9.93. The fourth-order valence-electron chi connectivity index (χ4n) is 2.50. The van der Waals surface area contributed by atoms with Gasteiger partial charge in [-0.05, 0) is 24.6 Å². The molecule has 1 amide bonds. The van der Waals surface area contributed by atoms with Gasteiger partial charge in [0.1, 0.15) is 0 Å². The molecule has 0 atom stereocenters. The van der Waals surface area contributed by atoms with Crippen molar-refractivity contribution in [3.8, 4) is 11.1 Å². The van der Waals surface area contributed by atoms with Gasteiger partial charge in [-0.15, -0.1) is 0 Å². The van der Waals surface area contributed by atoms with Gasteiger partial charge in [0, 0.05) is 33.4 Å². The number of aromatic nitrogens is 1. The Bertz CT molecular complexity index is 800. The van der Waals surface area contributed by atoms with Gasteiger partial charge >= 0.3 is 0 Å². The highest BCUT2D eigenvalue weighted by Gasteiger charge is 2.27. The van der Waals surface area contributed by atoms with Gasteiger partial charge in [-0.1, -0.05) is 29.3 Å². The van der Waals surface area contributed by atoms with Crippen LogP contribution in [0.15, 0.2) is 23.2 Å². The Kier molecular flexibility index (Phi) is 3.53. The molecule has 2 heterocycles. The van der Waals surface area contributed by atoms with Crippen molar-refractivity contribution in [1.82, 2.24) is 4.98 Å². The van der Waals surface area contributed by atoms with Crippen molar-refractivity contribution >= 4 is 35.3 Å². The number of nitrogens with zero attached hydrogens (tertiary/aromatic N) is 2. The molecule has 0 saturated heterocycles. The summed E-state index contributed by atoms with van der Waals surface area (Å²) >= 11 is 12.2. The molecule has 0 fully saturated rings. The average molecular weight is 320 g/mol. The summed E-state index contributed by atoms with van der Waals surface area (Å²) in [5.74, 6) is -0.326. The Morgan fingerprint density at radius 3 is 2.67 bits per heavy atom. The van der Waals surface area contributed by atoms with E-state index < -0.39 is 0 Å². The summed E-state index contributed by atoms with van der Waals surface area (Å²) in [4.78, 5) is 20.3. The third-order valence-corrected chi connectivity index (χ3v) is 4.00. The largest absolute Gasteiger partial charge is 0.326 e. The Labute approximate surface area is 131 Å². The van der Waals surface area contributed by atoms with E-state index in [1.54, 1.807) is 18.2 Å². The topological polar surface area (TPSA) is 68.3 Å². The number of aryl methyl sites for hydroxylation is 1. The molecule has 2 aromatic rings. The first-order valence-corrected chi connectivity index (χ1v) is 7.06. The Balaban J connectivity index is 2.39. The zero-order valence-electron chi connectivity index (χ0n) is 11.2. The minimum absolute atomic E-state index is 0.258. The fraction of sp³-hybridized carbons (Fsp3) is 0.133. The SMILES string of the molecule is Cc1nc2c(c(-c3ccc(Cl)cc3Cl)c1CN)C(=O)N=C2. The number of aliphatic imine (C=N–C) groups is 1. The number of carbonyl (C=O) groups is 1. The van der Waals surface area contributed by atoms with Crippen LogP contribution in [-0.2, 0) is 6.54 Å². The number of hydrogen-bond donors (Lipinski definition) is 1. The van der Waals surface area contributed by atoms with E-state index in [2.05, 4.69) is 9.98 Å². The lowest BCUT2D eigenvalue weighted by Gasteiger charge is -2.16. The van der Waals surface area contributed by atoms with Crippen LogP contribution in [0.5, 0.6) is 0 Å². The molecule has 1 aliphatic heterocycles. The van der Waals surface area contributed by atoms with Gasteiger partial charge in [-0.25, -0.2) is 4.99 Å². The molecule has 0 bridgehead atoms. The maximum atomic E-state index is 12.1. The summed E-state index contributed by atoms with van der Waals surface area (Å²) in [5.41, 5.74) is 9.81. The number of amides is 1. The fourth-order valence-corrected chi connectivity index (χ4v) is 3.00.